The van der Waals surface area contributed by atoms with Crippen molar-refractivity contribution in [3.05, 3.63) is 59.4 Å². The molecule has 102 valence electrons. The normalized spacial score (nSPS) is 10.7. The highest BCUT2D eigenvalue weighted by atomic mass is 16.5. The van der Waals surface area contributed by atoms with Gasteiger partial charge in [0.15, 0.2) is 5.78 Å². The van der Waals surface area contributed by atoms with Crippen LogP contribution in [0.3, 0.4) is 0 Å². The fraction of sp³-hybridized carbons (Fsp3) is 0.133. The van der Waals surface area contributed by atoms with Crippen LogP contribution >= 0.6 is 0 Å². The molecule has 0 N–H and O–H groups in total. The van der Waals surface area contributed by atoms with Crippen LogP contribution in [0.4, 0.5) is 0 Å². The van der Waals surface area contributed by atoms with E-state index in [-0.39, 0.29) is 11.8 Å². The maximum Gasteiger partial charge on any atom is 0.337 e. The second-order valence-electron chi connectivity index (χ2n) is 4.21. The fourth-order valence-electron chi connectivity index (χ4n) is 1.66. The van der Waals surface area contributed by atoms with E-state index in [4.69, 9.17) is 0 Å². The summed E-state index contributed by atoms with van der Waals surface area (Å²) in [6, 6.07) is 6.80. The average molecular weight is 270 g/mol. The number of aryl methyl sites for hydroxylation is 1. The molecule has 2 rings (SSSR count). The van der Waals surface area contributed by atoms with E-state index < -0.39 is 0 Å². The summed E-state index contributed by atoms with van der Waals surface area (Å²) in [6.07, 6.45) is 6.35. The predicted molar refractivity (Wildman–Crippen MR) is 74.4 cm³/mol. The largest absolute Gasteiger partial charge is 0.465 e. The minimum absolute atomic E-state index is 0.116. The van der Waals surface area contributed by atoms with Gasteiger partial charge >= 0.3 is 5.97 Å². The highest BCUT2D eigenvalue weighted by Crippen LogP contribution is 2.08. The second-order valence-corrected chi connectivity index (χ2v) is 4.21. The standard InChI is InChI=1S/C15H14N2O3/c1-17-10-13(9-16-17)14(18)8-5-11-3-6-12(7-4-11)15(19)20-2/h3-10H,1-2H3. The first-order chi connectivity index (χ1) is 9.60. The second kappa shape index (κ2) is 5.97. The molecule has 5 nitrogen and oxygen atoms in total. The lowest BCUT2D eigenvalue weighted by Crippen LogP contribution is -2.00. The number of ketones is 1. The molecule has 0 atom stereocenters. The number of hydrogen-bond acceptors (Lipinski definition) is 4. The van der Waals surface area contributed by atoms with Gasteiger partial charge in [-0.1, -0.05) is 18.2 Å². The van der Waals surface area contributed by atoms with Crippen LogP contribution in [0.15, 0.2) is 42.7 Å². The summed E-state index contributed by atoms with van der Waals surface area (Å²) in [7, 11) is 3.09. The van der Waals surface area contributed by atoms with E-state index in [1.165, 1.54) is 19.4 Å². The highest BCUT2D eigenvalue weighted by molar-refractivity contribution is 6.06. The van der Waals surface area contributed by atoms with Crippen LogP contribution in [0, 0.1) is 0 Å². The smallest absolute Gasteiger partial charge is 0.337 e. The predicted octanol–water partition coefficient (Wildman–Crippen LogP) is 2.10. The van der Waals surface area contributed by atoms with Gasteiger partial charge in [0.25, 0.3) is 0 Å². The van der Waals surface area contributed by atoms with Gasteiger partial charge in [-0.25, -0.2) is 4.79 Å². The summed E-state index contributed by atoms with van der Waals surface area (Å²) in [4.78, 5) is 23.1. The Labute approximate surface area is 116 Å². The Morgan fingerprint density at radius 1 is 1.20 bits per heavy atom. The first-order valence-corrected chi connectivity index (χ1v) is 5.99. The lowest BCUT2D eigenvalue weighted by atomic mass is 10.1. The van der Waals surface area contributed by atoms with E-state index in [0.717, 1.165) is 5.56 Å². The van der Waals surface area contributed by atoms with Gasteiger partial charge in [0, 0.05) is 13.2 Å². The Morgan fingerprint density at radius 2 is 1.90 bits per heavy atom. The summed E-state index contributed by atoms with van der Waals surface area (Å²) in [5, 5.41) is 3.94. The van der Waals surface area contributed by atoms with Crippen LogP contribution < -0.4 is 0 Å². The monoisotopic (exact) mass is 270 g/mol. The topological polar surface area (TPSA) is 61.2 Å². The molecule has 20 heavy (non-hydrogen) atoms. The van der Waals surface area contributed by atoms with Crippen LogP contribution in [0.5, 0.6) is 0 Å². The minimum atomic E-state index is -0.382. The van der Waals surface area contributed by atoms with Crippen molar-refractivity contribution in [1.82, 2.24) is 9.78 Å². The van der Waals surface area contributed by atoms with Crippen molar-refractivity contribution >= 4 is 17.8 Å². The third kappa shape index (κ3) is 3.20. The summed E-state index contributed by atoms with van der Waals surface area (Å²) in [5.74, 6) is -0.498. The summed E-state index contributed by atoms with van der Waals surface area (Å²) >= 11 is 0. The van der Waals surface area contributed by atoms with Gasteiger partial charge in [-0.05, 0) is 23.8 Å². The lowest BCUT2D eigenvalue weighted by Gasteiger charge is -1.99. The van der Waals surface area contributed by atoms with E-state index in [0.29, 0.717) is 11.1 Å². The van der Waals surface area contributed by atoms with Crippen LogP contribution in [-0.2, 0) is 11.8 Å². The maximum absolute atomic E-state index is 11.8. The van der Waals surface area contributed by atoms with E-state index in [1.807, 2.05) is 0 Å². The first-order valence-electron chi connectivity index (χ1n) is 5.99. The third-order valence-electron chi connectivity index (χ3n) is 2.75. The number of methoxy groups -OCH3 is 1. The summed E-state index contributed by atoms with van der Waals surface area (Å²) in [6.45, 7) is 0. The molecule has 1 aromatic heterocycles. The Kier molecular flexibility index (Phi) is 4.10. The van der Waals surface area contributed by atoms with Gasteiger partial charge in [0.1, 0.15) is 0 Å². The molecular weight excluding hydrogens is 256 g/mol. The number of rotatable bonds is 4. The number of allylic oxidation sites excluding steroid dienone is 1. The van der Waals surface area contributed by atoms with Crippen molar-refractivity contribution in [3.63, 3.8) is 0 Å². The summed E-state index contributed by atoms with van der Waals surface area (Å²) < 4.78 is 6.19. The molecule has 2 aromatic rings. The van der Waals surface area contributed by atoms with Crippen LogP contribution in [0.25, 0.3) is 6.08 Å². The van der Waals surface area contributed by atoms with Crippen LogP contribution in [-0.4, -0.2) is 28.6 Å². The molecule has 1 heterocycles. The average Bonchev–Trinajstić information content (AvgIpc) is 2.91. The first kappa shape index (κ1) is 13.7. The third-order valence-corrected chi connectivity index (χ3v) is 2.75. The van der Waals surface area contributed by atoms with Crippen LogP contribution in [0.1, 0.15) is 26.3 Å². The van der Waals surface area contributed by atoms with Gasteiger partial charge in [-0.2, -0.15) is 5.10 Å². The quantitative estimate of drug-likeness (QED) is 0.485. The Morgan fingerprint density at radius 3 is 2.45 bits per heavy atom. The van der Waals surface area contributed by atoms with Crippen molar-refractivity contribution in [2.75, 3.05) is 7.11 Å². The maximum atomic E-state index is 11.8. The molecule has 0 unspecified atom stereocenters. The van der Waals surface area contributed by atoms with Crippen molar-refractivity contribution in [2.45, 2.75) is 0 Å². The number of esters is 1. The van der Waals surface area contributed by atoms with Crippen molar-refractivity contribution in [1.29, 1.82) is 0 Å². The fourth-order valence-corrected chi connectivity index (χ4v) is 1.66. The van der Waals surface area contributed by atoms with Crippen molar-refractivity contribution in [2.24, 2.45) is 7.05 Å². The SMILES string of the molecule is COC(=O)c1ccc(C=CC(=O)c2cnn(C)c2)cc1. The number of aromatic nitrogens is 2. The van der Waals surface area contributed by atoms with Crippen molar-refractivity contribution < 1.29 is 14.3 Å². The van der Waals surface area contributed by atoms with Gasteiger partial charge in [0.2, 0.25) is 0 Å². The molecule has 0 radical (unpaired) electrons. The molecule has 0 aliphatic heterocycles. The van der Waals surface area contributed by atoms with Crippen molar-refractivity contribution in [3.8, 4) is 0 Å². The molecule has 0 amide bonds. The van der Waals surface area contributed by atoms with Crippen LogP contribution in [0.2, 0.25) is 0 Å². The summed E-state index contributed by atoms with van der Waals surface area (Å²) in [5.41, 5.74) is 1.84. The zero-order valence-corrected chi connectivity index (χ0v) is 11.2. The number of benzene rings is 1. The van der Waals surface area contributed by atoms with E-state index in [2.05, 4.69) is 9.84 Å². The molecule has 5 heteroatoms. The zero-order valence-electron chi connectivity index (χ0n) is 11.2. The van der Waals surface area contributed by atoms with Gasteiger partial charge in [-0.15, -0.1) is 0 Å². The molecule has 1 aromatic carbocycles. The van der Waals surface area contributed by atoms with E-state index in [9.17, 15) is 9.59 Å². The van der Waals surface area contributed by atoms with Gasteiger partial charge in [-0.3, -0.25) is 9.48 Å². The van der Waals surface area contributed by atoms with Gasteiger partial charge < -0.3 is 4.74 Å². The zero-order chi connectivity index (χ0) is 14.5. The molecule has 0 bridgehead atoms. The molecule has 0 fully saturated rings. The number of hydrogen-bond donors (Lipinski definition) is 0. The molecule has 0 spiro atoms. The Balaban J connectivity index is 2.08. The minimum Gasteiger partial charge on any atom is -0.465 e. The molecular formula is C15H14N2O3. The van der Waals surface area contributed by atoms with Gasteiger partial charge in [0.05, 0.1) is 24.4 Å². The highest BCUT2D eigenvalue weighted by Gasteiger charge is 2.05. The molecule has 0 saturated carbocycles. The molecule has 0 saturated heterocycles. The lowest BCUT2D eigenvalue weighted by molar-refractivity contribution is 0.0600. The number of nitrogens with zero attached hydrogens (tertiary/aromatic N) is 2. The number of ether oxygens (including phenoxy) is 1. The molecule has 0 aliphatic rings. The van der Waals surface area contributed by atoms with E-state index >= 15 is 0 Å². The number of carbonyl (C=O) groups excluding carboxylic acids is 2. The Bertz CT molecular complexity index is 654. The number of carbonyl (C=O) groups is 2. The molecule has 0 aliphatic carbocycles. The Hall–Kier alpha value is -2.69. The van der Waals surface area contributed by atoms with E-state index in [1.54, 1.807) is 48.3 Å².